The lowest BCUT2D eigenvalue weighted by molar-refractivity contribution is 1.16. The standard InChI is InChI=1S/C14H13N3S/c1-10-6-14(16-8-11-7-15-9-18-11)12-4-2-3-5-13(12)17-10/h2-7,9H,8H2,1H3,(H,16,17). The average Bonchev–Trinajstić information content (AvgIpc) is 2.89. The Morgan fingerprint density at radius 1 is 1.28 bits per heavy atom. The molecule has 0 bridgehead atoms. The van der Waals surface area contributed by atoms with Crippen LogP contribution in [0, 0.1) is 6.92 Å². The lowest BCUT2D eigenvalue weighted by Gasteiger charge is -2.09. The Hall–Kier alpha value is -1.94. The minimum atomic E-state index is 0.804. The second-order valence-corrected chi connectivity index (χ2v) is 5.12. The molecule has 90 valence electrons. The fourth-order valence-corrected chi connectivity index (χ4v) is 2.50. The summed E-state index contributed by atoms with van der Waals surface area (Å²) in [5.74, 6) is 0. The molecule has 0 saturated heterocycles. The summed E-state index contributed by atoms with van der Waals surface area (Å²) in [7, 11) is 0. The second-order valence-electron chi connectivity index (χ2n) is 4.15. The largest absolute Gasteiger partial charge is 0.379 e. The molecule has 0 aliphatic carbocycles. The Bertz CT molecular complexity index is 662. The van der Waals surface area contributed by atoms with Crippen molar-refractivity contribution in [2.75, 3.05) is 5.32 Å². The van der Waals surface area contributed by atoms with E-state index < -0.39 is 0 Å². The topological polar surface area (TPSA) is 37.8 Å². The maximum atomic E-state index is 4.53. The molecule has 3 rings (SSSR count). The van der Waals surface area contributed by atoms with Crippen LogP contribution in [0.5, 0.6) is 0 Å². The Balaban J connectivity index is 1.95. The quantitative estimate of drug-likeness (QED) is 0.777. The molecule has 0 aliphatic heterocycles. The summed E-state index contributed by atoms with van der Waals surface area (Å²) >= 11 is 1.66. The van der Waals surface area contributed by atoms with Gasteiger partial charge in [-0.3, -0.25) is 9.97 Å². The van der Waals surface area contributed by atoms with Crippen LogP contribution >= 0.6 is 11.3 Å². The number of hydrogen-bond acceptors (Lipinski definition) is 4. The number of aromatic nitrogens is 2. The fraction of sp³-hybridized carbons (Fsp3) is 0.143. The number of benzene rings is 1. The van der Waals surface area contributed by atoms with Gasteiger partial charge in [0.2, 0.25) is 0 Å². The van der Waals surface area contributed by atoms with E-state index in [-0.39, 0.29) is 0 Å². The van der Waals surface area contributed by atoms with Crippen molar-refractivity contribution >= 4 is 27.9 Å². The van der Waals surface area contributed by atoms with Gasteiger partial charge < -0.3 is 5.32 Å². The van der Waals surface area contributed by atoms with Crippen molar-refractivity contribution in [2.45, 2.75) is 13.5 Å². The number of fused-ring (bicyclic) bond motifs is 1. The molecule has 0 fully saturated rings. The van der Waals surface area contributed by atoms with E-state index in [4.69, 9.17) is 0 Å². The van der Waals surface area contributed by atoms with Gasteiger partial charge in [-0.25, -0.2) is 0 Å². The van der Waals surface area contributed by atoms with Crippen molar-refractivity contribution in [2.24, 2.45) is 0 Å². The van der Waals surface area contributed by atoms with Crippen LogP contribution in [0.15, 0.2) is 42.0 Å². The zero-order valence-electron chi connectivity index (χ0n) is 10.1. The number of nitrogens with one attached hydrogen (secondary N) is 1. The summed E-state index contributed by atoms with van der Waals surface area (Å²) in [6.45, 7) is 2.82. The molecule has 2 heterocycles. The molecule has 2 aromatic heterocycles. The summed E-state index contributed by atoms with van der Waals surface area (Å²) in [6, 6.07) is 10.3. The minimum absolute atomic E-state index is 0.804. The Kier molecular flexibility index (Phi) is 2.94. The number of rotatable bonds is 3. The normalized spacial score (nSPS) is 10.7. The molecule has 0 saturated carbocycles. The number of pyridine rings is 1. The average molecular weight is 255 g/mol. The van der Waals surface area contributed by atoms with E-state index in [1.54, 1.807) is 11.3 Å². The van der Waals surface area contributed by atoms with Crippen molar-refractivity contribution in [1.29, 1.82) is 0 Å². The van der Waals surface area contributed by atoms with Gasteiger partial charge in [-0.2, -0.15) is 0 Å². The zero-order chi connectivity index (χ0) is 12.4. The highest BCUT2D eigenvalue weighted by Crippen LogP contribution is 2.23. The molecular formula is C14H13N3S. The molecule has 18 heavy (non-hydrogen) atoms. The van der Waals surface area contributed by atoms with Crippen LogP contribution < -0.4 is 5.32 Å². The smallest absolute Gasteiger partial charge is 0.0794 e. The summed E-state index contributed by atoms with van der Waals surface area (Å²) < 4.78 is 0. The van der Waals surface area contributed by atoms with Gasteiger partial charge in [-0.05, 0) is 19.1 Å². The minimum Gasteiger partial charge on any atom is -0.379 e. The predicted molar refractivity (Wildman–Crippen MR) is 75.9 cm³/mol. The molecule has 0 spiro atoms. The van der Waals surface area contributed by atoms with Gasteiger partial charge in [0.15, 0.2) is 0 Å². The Labute approximate surface area is 110 Å². The molecule has 0 aliphatic rings. The van der Waals surface area contributed by atoms with Gasteiger partial charge in [-0.15, -0.1) is 11.3 Å². The fourth-order valence-electron chi connectivity index (χ4n) is 1.97. The molecule has 0 radical (unpaired) electrons. The summed E-state index contributed by atoms with van der Waals surface area (Å²) in [4.78, 5) is 9.84. The maximum absolute atomic E-state index is 4.53. The predicted octanol–water partition coefficient (Wildman–Crippen LogP) is 3.61. The van der Waals surface area contributed by atoms with Crippen molar-refractivity contribution in [3.63, 3.8) is 0 Å². The third kappa shape index (κ3) is 2.19. The molecule has 0 amide bonds. The van der Waals surface area contributed by atoms with Crippen molar-refractivity contribution < 1.29 is 0 Å². The summed E-state index contributed by atoms with van der Waals surface area (Å²) in [6.07, 6.45) is 1.90. The maximum Gasteiger partial charge on any atom is 0.0794 e. The van der Waals surface area contributed by atoms with Gasteiger partial charge in [-0.1, -0.05) is 18.2 Å². The summed E-state index contributed by atoms with van der Waals surface area (Å²) in [5, 5.41) is 4.62. The first kappa shape index (κ1) is 11.2. The van der Waals surface area contributed by atoms with E-state index in [0.717, 1.165) is 28.8 Å². The van der Waals surface area contributed by atoms with Crippen LogP contribution in [0.25, 0.3) is 10.9 Å². The van der Waals surface area contributed by atoms with E-state index in [1.165, 1.54) is 4.88 Å². The van der Waals surface area contributed by atoms with Crippen LogP contribution in [0.3, 0.4) is 0 Å². The van der Waals surface area contributed by atoms with E-state index >= 15 is 0 Å². The van der Waals surface area contributed by atoms with Crippen molar-refractivity contribution in [3.05, 3.63) is 52.6 Å². The molecule has 1 aromatic carbocycles. The molecule has 0 atom stereocenters. The molecule has 0 unspecified atom stereocenters. The third-order valence-electron chi connectivity index (χ3n) is 2.78. The first-order valence-corrected chi connectivity index (χ1v) is 6.68. The monoisotopic (exact) mass is 255 g/mol. The third-order valence-corrected chi connectivity index (χ3v) is 3.56. The molecule has 3 aromatic rings. The van der Waals surface area contributed by atoms with Crippen molar-refractivity contribution in [3.8, 4) is 0 Å². The molecule has 3 nitrogen and oxygen atoms in total. The van der Waals surface area contributed by atoms with E-state index in [2.05, 4.69) is 27.4 Å². The number of para-hydroxylation sites is 1. The van der Waals surface area contributed by atoms with E-state index in [0.29, 0.717) is 0 Å². The molecule has 4 heteroatoms. The number of anilines is 1. The van der Waals surface area contributed by atoms with Gasteiger partial charge >= 0.3 is 0 Å². The molecular weight excluding hydrogens is 242 g/mol. The van der Waals surface area contributed by atoms with Crippen LogP contribution in [-0.2, 0) is 6.54 Å². The first-order chi connectivity index (χ1) is 8.83. The SMILES string of the molecule is Cc1cc(NCc2cncs2)c2ccccc2n1. The van der Waals surface area contributed by atoms with Gasteiger partial charge in [0, 0.05) is 27.8 Å². The van der Waals surface area contributed by atoms with Crippen LogP contribution in [0.4, 0.5) is 5.69 Å². The lowest BCUT2D eigenvalue weighted by Crippen LogP contribution is -1.99. The first-order valence-electron chi connectivity index (χ1n) is 5.80. The van der Waals surface area contributed by atoms with Gasteiger partial charge in [0.1, 0.15) is 0 Å². The highest BCUT2D eigenvalue weighted by Gasteiger charge is 2.03. The van der Waals surface area contributed by atoms with Crippen LogP contribution in [-0.4, -0.2) is 9.97 Å². The molecule has 1 N–H and O–H groups in total. The van der Waals surface area contributed by atoms with Gasteiger partial charge in [0.25, 0.3) is 0 Å². The highest BCUT2D eigenvalue weighted by molar-refractivity contribution is 7.09. The van der Waals surface area contributed by atoms with Crippen LogP contribution in [0.2, 0.25) is 0 Å². The van der Waals surface area contributed by atoms with Crippen LogP contribution in [0.1, 0.15) is 10.6 Å². The number of thiazole rings is 1. The number of hydrogen-bond donors (Lipinski definition) is 1. The number of aryl methyl sites for hydroxylation is 1. The number of nitrogens with zero attached hydrogens (tertiary/aromatic N) is 2. The zero-order valence-corrected chi connectivity index (χ0v) is 10.9. The second kappa shape index (κ2) is 4.74. The summed E-state index contributed by atoms with van der Waals surface area (Å²) in [5.41, 5.74) is 5.05. The van der Waals surface area contributed by atoms with E-state index in [1.807, 2.05) is 36.8 Å². The Morgan fingerprint density at radius 3 is 3.00 bits per heavy atom. The lowest BCUT2D eigenvalue weighted by atomic mass is 10.1. The van der Waals surface area contributed by atoms with Gasteiger partial charge in [0.05, 0.1) is 17.6 Å². The Morgan fingerprint density at radius 2 is 2.17 bits per heavy atom. The van der Waals surface area contributed by atoms with E-state index in [9.17, 15) is 0 Å². The highest BCUT2D eigenvalue weighted by atomic mass is 32.1. The van der Waals surface area contributed by atoms with Crippen molar-refractivity contribution in [1.82, 2.24) is 9.97 Å².